The SMILES string of the molecule is CCC(C)Oc1ccc(C)cc1N1C(=O)CS/C1=N\C(=O)Nc1ccc(-c2ncn(-c3ccc(OC(F)(F)F)cc3)n2)cc1F. The number of aromatic nitrogens is 3. The van der Waals surface area contributed by atoms with E-state index in [1.54, 1.807) is 12.1 Å². The first kappa shape index (κ1) is 31.5. The van der Waals surface area contributed by atoms with Crippen LogP contribution in [0.2, 0.25) is 0 Å². The second kappa shape index (κ2) is 13.0. The first-order chi connectivity index (χ1) is 21.4. The van der Waals surface area contributed by atoms with Crippen molar-refractivity contribution in [3.8, 4) is 28.6 Å². The Morgan fingerprint density at radius 1 is 1.13 bits per heavy atom. The highest BCUT2D eigenvalue weighted by molar-refractivity contribution is 8.15. The number of thioether (sulfide) groups is 1. The molecular formula is C30H26F4N6O4S. The number of urea groups is 1. The lowest BCUT2D eigenvalue weighted by Gasteiger charge is -2.22. The molecular weight excluding hydrogens is 616 g/mol. The largest absolute Gasteiger partial charge is 0.573 e. The quantitative estimate of drug-likeness (QED) is 0.204. The van der Waals surface area contributed by atoms with Crippen LogP contribution in [0.4, 0.5) is 33.7 Å². The average molecular weight is 643 g/mol. The summed E-state index contributed by atoms with van der Waals surface area (Å²) in [6.07, 6.45) is -2.85. The number of aliphatic imine (C=N–C) groups is 1. The van der Waals surface area contributed by atoms with Crippen LogP contribution in [-0.4, -0.2) is 50.1 Å². The van der Waals surface area contributed by atoms with Crippen LogP contribution in [0.15, 0.2) is 72.0 Å². The first-order valence-electron chi connectivity index (χ1n) is 13.6. The molecule has 15 heteroatoms. The number of rotatable bonds is 8. The lowest BCUT2D eigenvalue weighted by molar-refractivity contribution is -0.274. The van der Waals surface area contributed by atoms with Gasteiger partial charge in [0.2, 0.25) is 5.91 Å². The van der Waals surface area contributed by atoms with E-state index in [2.05, 4.69) is 25.1 Å². The van der Waals surface area contributed by atoms with E-state index >= 15 is 4.39 Å². The maximum atomic E-state index is 15.1. The minimum absolute atomic E-state index is 0.0665. The molecule has 0 radical (unpaired) electrons. The summed E-state index contributed by atoms with van der Waals surface area (Å²) >= 11 is 1.08. The Bertz CT molecular complexity index is 1760. The predicted molar refractivity (Wildman–Crippen MR) is 161 cm³/mol. The fraction of sp³-hybridized carbons (Fsp3) is 0.233. The van der Waals surface area contributed by atoms with Gasteiger partial charge in [0.05, 0.1) is 28.9 Å². The number of ether oxygens (including phenoxy) is 2. The molecule has 3 amide bonds. The zero-order valence-electron chi connectivity index (χ0n) is 24.1. The van der Waals surface area contributed by atoms with Crippen molar-refractivity contribution < 1.29 is 36.6 Å². The number of carbonyl (C=O) groups excluding carboxylic acids is 2. The van der Waals surface area contributed by atoms with Gasteiger partial charge in [-0.05, 0) is 80.4 Å². The summed E-state index contributed by atoms with van der Waals surface area (Å²) in [6, 6.07) is 13.4. The van der Waals surface area contributed by atoms with E-state index in [-0.39, 0.29) is 40.0 Å². The Kier molecular flexibility index (Phi) is 9.09. The van der Waals surface area contributed by atoms with Gasteiger partial charge in [0.25, 0.3) is 0 Å². The van der Waals surface area contributed by atoms with Gasteiger partial charge in [0.1, 0.15) is 23.6 Å². The van der Waals surface area contributed by atoms with E-state index in [1.807, 2.05) is 26.8 Å². The van der Waals surface area contributed by atoms with Crippen LogP contribution in [0.3, 0.4) is 0 Å². The Hall–Kier alpha value is -4.92. The van der Waals surface area contributed by atoms with E-state index < -0.39 is 24.0 Å². The molecule has 0 aliphatic carbocycles. The van der Waals surface area contributed by atoms with Crippen LogP contribution >= 0.6 is 11.8 Å². The summed E-state index contributed by atoms with van der Waals surface area (Å²) in [6.45, 7) is 5.76. The molecule has 1 atom stereocenters. The summed E-state index contributed by atoms with van der Waals surface area (Å²) in [5.74, 6) is -0.786. The Balaban J connectivity index is 1.30. The van der Waals surface area contributed by atoms with Crippen molar-refractivity contribution >= 4 is 40.2 Å². The molecule has 3 aromatic carbocycles. The minimum Gasteiger partial charge on any atom is -0.489 e. The number of carbonyl (C=O) groups is 2. The van der Waals surface area contributed by atoms with Gasteiger partial charge < -0.3 is 14.8 Å². The van der Waals surface area contributed by atoms with E-state index in [4.69, 9.17) is 4.74 Å². The molecule has 10 nitrogen and oxygen atoms in total. The smallest absolute Gasteiger partial charge is 0.489 e. The van der Waals surface area contributed by atoms with Crippen molar-refractivity contribution in [2.24, 2.45) is 4.99 Å². The number of aryl methyl sites for hydroxylation is 1. The minimum atomic E-state index is -4.81. The molecule has 2 heterocycles. The summed E-state index contributed by atoms with van der Waals surface area (Å²) < 4.78 is 63.5. The van der Waals surface area contributed by atoms with Gasteiger partial charge in [-0.1, -0.05) is 24.8 Å². The number of benzene rings is 3. The zero-order valence-corrected chi connectivity index (χ0v) is 24.9. The van der Waals surface area contributed by atoms with Crippen LogP contribution in [0.25, 0.3) is 17.1 Å². The second-order valence-corrected chi connectivity index (χ2v) is 10.8. The molecule has 0 spiro atoms. The van der Waals surface area contributed by atoms with Gasteiger partial charge >= 0.3 is 12.4 Å². The number of nitrogens with zero attached hydrogens (tertiary/aromatic N) is 5. The molecule has 1 N–H and O–H groups in total. The number of alkyl halides is 3. The number of amidine groups is 1. The highest BCUT2D eigenvalue weighted by Crippen LogP contribution is 2.36. The first-order valence-corrected chi connectivity index (χ1v) is 14.6. The summed E-state index contributed by atoms with van der Waals surface area (Å²) in [5.41, 5.74) is 1.86. The van der Waals surface area contributed by atoms with Gasteiger partial charge in [0, 0.05) is 5.56 Å². The molecule has 1 fully saturated rings. The van der Waals surface area contributed by atoms with Gasteiger partial charge in [0.15, 0.2) is 11.0 Å². The van der Waals surface area contributed by atoms with Crippen molar-refractivity contribution in [3.63, 3.8) is 0 Å². The molecule has 0 bridgehead atoms. The van der Waals surface area contributed by atoms with E-state index in [9.17, 15) is 22.8 Å². The van der Waals surface area contributed by atoms with Gasteiger partial charge in [-0.2, -0.15) is 4.99 Å². The summed E-state index contributed by atoms with van der Waals surface area (Å²) in [5, 5.41) is 6.78. The molecule has 5 rings (SSSR count). The van der Waals surface area contributed by atoms with Crippen LogP contribution in [0.1, 0.15) is 25.8 Å². The number of halogens is 4. The number of hydrogen-bond acceptors (Lipinski definition) is 7. The second-order valence-electron chi connectivity index (χ2n) is 9.90. The van der Waals surface area contributed by atoms with Crippen LogP contribution < -0.4 is 19.7 Å². The van der Waals surface area contributed by atoms with Crippen LogP contribution in [0, 0.1) is 12.7 Å². The van der Waals surface area contributed by atoms with Crippen molar-refractivity contribution in [2.75, 3.05) is 16.0 Å². The van der Waals surface area contributed by atoms with Crippen LogP contribution in [0.5, 0.6) is 11.5 Å². The van der Waals surface area contributed by atoms with Crippen LogP contribution in [-0.2, 0) is 4.79 Å². The van der Waals surface area contributed by atoms with Crippen molar-refractivity contribution in [1.29, 1.82) is 0 Å². The number of amides is 3. The highest BCUT2D eigenvalue weighted by Gasteiger charge is 2.33. The van der Waals surface area contributed by atoms with E-state index in [0.29, 0.717) is 17.1 Å². The molecule has 4 aromatic rings. The highest BCUT2D eigenvalue weighted by atomic mass is 32.2. The Labute approximate surface area is 259 Å². The normalized spacial score (nSPS) is 15.0. The molecule has 1 aromatic heterocycles. The fourth-order valence-corrected chi connectivity index (χ4v) is 5.05. The molecule has 1 aliphatic heterocycles. The van der Waals surface area contributed by atoms with Gasteiger partial charge in [-0.3, -0.25) is 9.69 Å². The van der Waals surface area contributed by atoms with E-state index in [0.717, 1.165) is 41.9 Å². The monoisotopic (exact) mass is 642 g/mol. The fourth-order valence-electron chi connectivity index (χ4n) is 4.19. The average Bonchev–Trinajstić information content (AvgIpc) is 3.61. The number of hydrogen-bond donors (Lipinski definition) is 1. The Morgan fingerprint density at radius 2 is 1.89 bits per heavy atom. The lowest BCUT2D eigenvalue weighted by Crippen LogP contribution is -2.31. The molecule has 1 aliphatic rings. The molecule has 45 heavy (non-hydrogen) atoms. The third-order valence-electron chi connectivity index (χ3n) is 6.52. The summed E-state index contributed by atoms with van der Waals surface area (Å²) in [7, 11) is 0. The molecule has 234 valence electrons. The van der Waals surface area contributed by atoms with Gasteiger partial charge in [-0.15, -0.1) is 18.3 Å². The summed E-state index contributed by atoms with van der Waals surface area (Å²) in [4.78, 5) is 35.2. The molecule has 1 saturated heterocycles. The predicted octanol–water partition coefficient (Wildman–Crippen LogP) is 7.13. The van der Waals surface area contributed by atoms with Crippen molar-refractivity contribution in [2.45, 2.75) is 39.7 Å². The zero-order chi connectivity index (χ0) is 32.3. The number of nitrogens with one attached hydrogen (secondary N) is 1. The van der Waals surface area contributed by atoms with Gasteiger partial charge in [-0.25, -0.2) is 18.9 Å². The topological polar surface area (TPSA) is 111 Å². The third kappa shape index (κ3) is 7.60. The lowest BCUT2D eigenvalue weighted by atomic mass is 10.2. The molecule has 1 unspecified atom stereocenters. The van der Waals surface area contributed by atoms with Crippen molar-refractivity contribution in [1.82, 2.24) is 14.8 Å². The maximum Gasteiger partial charge on any atom is 0.573 e. The third-order valence-corrected chi connectivity index (χ3v) is 7.44. The van der Waals surface area contributed by atoms with Crippen molar-refractivity contribution in [3.05, 3.63) is 78.4 Å². The molecule has 0 saturated carbocycles. The van der Waals surface area contributed by atoms with E-state index in [1.165, 1.54) is 40.2 Å². The Morgan fingerprint density at radius 3 is 2.58 bits per heavy atom. The number of anilines is 2. The standard InChI is InChI=1S/C30H26F4N6O4S/c1-4-18(3)43-25-12-5-17(2)13-24(25)40-26(41)15-45-29(40)37-28(42)36-23-11-6-19(14-22(23)31)27-35-16-39(38-27)20-7-9-21(10-8-20)44-30(32,33)34/h5-14,16,18H,4,15H2,1-3H3,(H,36,42)/b37-29-. The maximum absolute atomic E-state index is 15.1.